The molecule has 0 saturated heterocycles. The number of ketones is 1. The lowest BCUT2D eigenvalue weighted by Gasteiger charge is -2.44. The van der Waals surface area contributed by atoms with Crippen LogP contribution < -0.4 is 0 Å². The highest BCUT2D eigenvalue weighted by Gasteiger charge is 2.39. The second-order valence-electron chi connectivity index (χ2n) is 5.08. The second kappa shape index (κ2) is 3.81. The minimum absolute atomic E-state index is 0.438. The molecule has 0 bridgehead atoms. The van der Waals surface area contributed by atoms with Gasteiger partial charge in [0, 0.05) is 12.8 Å². The number of Topliss-reactive ketones (excluding diaryl/α,β-unsaturated/α-hetero) is 1. The third-order valence-electron chi connectivity index (χ3n) is 4.04. The highest BCUT2D eigenvalue weighted by Crippen LogP contribution is 2.47. The van der Waals surface area contributed by atoms with E-state index in [9.17, 15) is 4.79 Å². The Bertz CT molecular complexity index is 171. The molecule has 0 radical (unpaired) electrons. The lowest BCUT2D eigenvalue weighted by molar-refractivity contribution is -0.124. The van der Waals surface area contributed by atoms with Gasteiger partial charge in [-0.05, 0) is 30.1 Å². The maximum absolute atomic E-state index is 11.2. The van der Waals surface area contributed by atoms with E-state index in [4.69, 9.17) is 0 Å². The number of hydrogen-bond donors (Lipinski definition) is 0. The predicted molar refractivity (Wildman–Crippen MR) is 55.6 cm³/mol. The van der Waals surface area contributed by atoms with Crippen molar-refractivity contribution in [3.63, 3.8) is 0 Å². The highest BCUT2D eigenvalue weighted by atomic mass is 16.1. The van der Waals surface area contributed by atoms with Crippen molar-refractivity contribution in [2.45, 2.75) is 53.4 Å². The summed E-state index contributed by atoms with van der Waals surface area (Å²) in [5.74, 6) is 1.89. The largest absolute Gasteiger partial charge is 0.300 e. The molecule has 1 fully saturated rings. The molecule has 1 rings (SSSR count). The van der Waals surface area contributed by atoms with Crippen LogP contribution >= 0.6 is 0 Å². The zero-order chi connectivity index (χ0) is 10.1. The van der Waals surface area contributed by atoms with E-state index in [0.717, 1.165) is 25.7 Å². The fourth-order valence-corrected chi connectivity index (χ4v) is 2.82. The number of hydrogen-bond acceptors (Lipinski definition) is 1. The first-order chi connectivity index (χ1) is 5.99. The molecule has 76 valence electrons. The minimum atomic E-state index is 0.438. The Kier molecular flexibility index (Phi) is 3.15. The Morgan fingerprint density at radius 2 is 1.38 bits per heavy atom. The first kappa shape index (κ1) is 10.7. The molecule has 1 aliphatic rings. The first-order valence-corrected chi connectivity index (χ1v) is 5.51. The summed E-state index contributed by atoms with van der Waals surface area (Å²) in [6.45, 7) is 9.21. The average Bonchev–Trinajstić information content (AvgIpc) is 2.04. The zero-order valence-corrected chi connectivity index (χ0v) is 9.39. The van der Waals surface area contributed by atoms with Crippen molar-refractivity contribution in [2.75, 3.05) is 0 Å². The van der Waals surface area contributed by atoms with E-state index in [0.29, 0.717) is 23.0 Å². The van der Waals surface area contributed by atoms with E-state index in [1.54, 1.807) is 0 Å². The van der Waals surface area contributed by atoms with Crippen LogP contribution in [0.3, 0.4) is 0 Å². The summed E-state index contributed by atoms with van der Waals surface area (Å²) in [6.07, 6.45) is 3.86. The SMILES string of the molecule is CC(C)C1(C(C)C)CCC(=O)CC1. The molecule has 0 heterocycles. The second-order valence-corrected chi connectivity index (χ2v) is 5.08. The van der Waals surface area contributed by atoms with Gasteiger partial charge in [-0.2, -0.15) is 0 Å². The van der Waals surface area contributed by atoms with E-state index < -0.39 is 0 Å². The lowest BCUT2D eigenvalue weighted by Crippen LogP contribution is -2.37. The van der Waals surface area contributed by atoms with Crippen molar-refractivity contribution in [3.8, 4) is 0 Å². The maximum Gasteiger partial charge on any atom is 0.132 e. The average molecular weight is 182 g/mol. The first-order valence-electron chi connectivity index (χ1n) is 5.51. The zero-order valence-electron chi connectivity index (χ0n) is 9.39. The molecule has 1 aliphatic carbocycles. The summed E-state index contributed by atoms with van der Waals surface area (Å²) in [4.78, 5) is 11.2. The standard InChI is InChI=1S/C12H22O/c1-9(2)12(10(3)4)7-5-11(13)6-8-12/h9-10H,5-8H2,1-4H3. The smallest absolute Gasteiger partial charge is 0.132 e. The van der Waals surface area contributed by atoms with Gasteiger partial charge in [-0.25, -0.2) is 0 Å². The van der Waals surface area contributed by atoms with Crippen LogP contribution in [-0.4, -0.2) is 5.78 Å². The van der Waals surface area contributed by atoms with Crippen LogP contribution in [0.15, 0.2) is 0 Å². The Morgan fingerprint density at radius 1 is 1.00 bits per heavy atom. The molecule has 0 amide bonds. The van der Waals surface area contributed by atoms with Gasteiger partial charge in [0.25, 0.3) is 0 Å². The summed E-state index contributed by atoms with van der Waals surface area (Å²) in [5, 5.41) is 0. The van der Waals surface area contributed by atoms with Crippen LogP contribution in [0.2, 0.25) is 0 Å². The Labute approximate surface area is 81.9 Å². The summed E-state index contributed by atoms with van der Waals surface area (Å²) >= 11 is 0. The van der Waals surface area contributed by atoms with Gasteiger partial charge < -0.3 is 0 Å². The van der Waals surface area contributed by atoms with Crippen LogP contribution in [0.1, 0.15) is 53.4 Å². The highest BCUT2D eigenvalue weighted by molar-refractivity contribution is 5.79. The van der Waals surface area contributed by atoms with Gasteiger partial charge in [-0.1, -0.05) is 27.7 Å². The molecule has 0 N–H and O–H groups in total. The molecule has 0 unspecified atom stereocenters. The Hall–Kier alpha value is -0.330. The van der Waals surface area contributed by atoms with Crippen molar-refractivity contribution >= 4 is 5.78 Å². The van der Waals surface area contributed by atoms with Gasteiger partial charge in [0.15, 0.2) is 0 Å². The number of carbonyl (C=O) groups is 1. The van der Waals surface area contributed by atoms with Crippen LogP contribution in [-0.2, 0) is 4.79 Å². The van der Waals surface area contributed by atoms with Gasteiger partial charge in [0.05, 0.1) is 0 Å². The molecule has 0 aromatic heterocycles. The minimum Gasteiger partial charge on any atom is -0.300 e. The number of rotatable bonds is 2. The number of carbonyl (C=O) groups excluding carboxylic acids is 1. The van der Waals surface area contributed by atoms with E-state index in [2.05, 4.69) is 27.7 Å². The Balaban J connectivity index is 2.75. The van der Waals surface area contributed by atoms with Crippen molar-refractivity contribution in [2.24, 2.45) is 17.3 Å². The molecule has 0 atom stereocenters. The van der Waals surface area contributed by atoms with Gasteiger partial charge in [0.2, 0.25) is 0 Å². The molecule has 1 saturated carbocycles. The lowest BCUT2D eigenvalue weighted by atomic mass is 9.61. The van der Waals surface area contributed by atoms with Crippen LogP contribution in [0, 0.1) is 17.3 Å². The van der Waals surface area contributed by atoms with E-state index in [1.165, 1.54) is 0 Å². The van der Waals surface area contributed by atoms with Gasteiger partial charge in [0.1, 0.15) is 5.78 Å². The molecule has 0 spiro atoms. The molecule has 13 heavy (non-hydrogen) atoms. The van der Waals surface area contributed by atoms with Gasteiger partial charge >= 0.3 is 0 Å². The third kappa shape index (κ3) is 1.95. The molecular formula is C12H22O. The van der Waals surface area contributed by atoms with Crippen LogP contribution in [0.5, 0.6) is 0 Å². The predicted octanol–water partition coefficient (Wildman–Crippen LogP) is 3.43. The van der Waals surface area contributed by atoms with E-state index >= 15 is 0 Å². The normalized spacial score (nSPS) is 22.8. The maximum atomic E-state index is 11.2. The summed E-state index contributed by atoms with van der Waals surface area (Å²) in [5.41, 5.74) is 0.438. The molecule has 0 aliphatic heterocycles. The topological polar surface area (TPSA) is 17.1 Å². The fraction of sp³-hybridized carbons (Fsp3) is 0.917. The monoisotopic (exact) mass is 182 g/mol. The summed E-state index contributed by atoms with van der Waals surface area (Å²) in [6, 6.07) is 0. The van der Waals surface area contributed by atoms with Gasteiger partial charge in [-0.3, -0.25) is 4.79 Å². The summed E-state index contributed by atoms with van der Waals surface area (Å²) in [7, 11) is 0. The van der Waals surface area contributed by atoms with Crippen molar-refractivity contribution < 1.29 is 4.79 Å². The van der Waals surface area contributed by atoms with Crippen molar-refractivity contribution in [1.29, 1.82) is 0 Å². The van der Waals surface area contributed by atoms with Gasteiger partial charge in [-0.15, -0.1) is 0 Å². The van der Waals surface area contributed by atoms with Crippen LogP contribution in [0.4, 0.5) is 0 Å². The van der Waals surface area contributed by atoms with Crippen molar-refractivity contribution in [3.05, 3.63) is 0 Å². The van der Waals surface area contributed by atoms with E-state index in [1.807, 2.05) is 0 Å². The van der Waals surface area contributed by atoms with Crippen molar-refractivity contribution in [1.82, 2.24) is 0 Å². The molecular weight excluding hydrogens is 160 g/mol. The fourth-order valence-electron chi connectivity index (χ4n) is 2.82. The summed E-state index contributed by atoms with van der Waals surface area (Å²) < 4.78 is 0. The third-order valence-corrected chi connectivity index (χ3v) is 4.04. The van der Waals surface area contributed by atoms with Crippen LogP contribution in [0.25, 0.3) is 0 Å². The molecule has 0 aromatic carbocycles. The van der Waals surface area contributed by atoms with E-state index in [-0.39, 0.29) is 0 Å². The Morgan fingerprint density at radius 3 is 1.69 bits per heavy atom. The molecule has 1 heteroatoms. The quantitative estimate of drug-likeness (QED) is 0.639. The molecule has 1 nitrogen and oxygen atoms in total. The molecule has 0 aromatic rings.